The number of hydrogen-bond acceptors (Lipinski definition) is 4. The molecule has 1 unspecified atom stereocenters. The normalized spacial score (nSPS) is 25.9. The maximum Gasteiger partial charge on any atom is 0.248 e. The lowest BCUT2D eigenvalue weighted by molar-refractivity contribution is -0.138. The fourth-order valence-corrected chi connectivity index (χ4v) is 2.24. The van der Waals surface area contributed by atoms with Gasteiger partial charge in [0.1, 0.15) is 6.61 Å². The van der Waals surface area contributed by atoms with Gasteiger partial charge in [0.15, 0.2) is 0 Å². The summed E-state index contributed by atoms with van der Waals surface area (Å²) in [4.78, 5) is 13.7. The van der Waals surface area contributed by atoms with Gasteiger partial charge in [0, 0.05) is 26.2 Å². The summed E-state index contributed by atoms with van der Waals surface area (Å²) in [5, 5.41) is 3.24. The van der Waals surface area contributed by atoms with E-state index in [1.165, 1.54) is 6.42 Å². The fraction of sp³-hybridized carbons (Fsp3) is 0.917. The van der Waals surface area contributed by atoms with E-state index in [0.717, 1.165) is 45.6 Å². The first-order chi connectivity index (χ1) is 8.36. The van der Waals surface area contributed by atoms with Crippen LogP contribution < -0.4 is 5.32 Å². The molecule has 1 amide bonds. The Hall–Kier alpha value is -0.650. The monoisotopic (exact) mass is 242 g/mol. The van der Waals surface area contributed by atoms with E-state index in [0.29, 0.717) is 6.61 Å². The van der Waals surface area contributed by atoms with Crippen molar-refractivity contribution in [3.8, 4) is 0 Å². The molecular weight excluding hydrogens is 220 g/mol. The average molecular weight is 242 g/mol. The van der Waals surface area contributed by atoms with Crippen LogP contribution >= 0.6 is 0 Å². The summed E-state index contributed by atoms with van der Waals surface area (Å²) in [7, 11) is 0. The van der Waals surface area contributed by atoms with Crippen LogP contribution in [0.4, 0.5) is 0 Å². The molecule has 0 aromatic heterocycles. The molecule has 98 valence electrons. The first-order valence-corrected chi connectivity index (χ1v) is 6.54. The summed E-state index contributed by atoms with van der Waals surface area (Å²) in [5.41, 5.74) is 0. The highest BCUT2D eigenvalue weighted by Gasteiger charge is 2.18. The number of rotatable bonds is 4. The van der Waals surface area contributed by atoms with Crippen LogP contribution in [0.2, 0.25) is 0 Å². The van der Waals surface area contributed by atoms with Gasteiger partial charge in [-0.3, -0.25) is 4.79 Å². The van der Waals surface area contributed by atoms with Crippen LogP contribution in [0.15, 0.2) is 0 Å². The topological polar surface area (TPSA) is 50.8 Å². The first kappa shape index (κ1) is 12.8. The molecule has 2 heterocycles. The van der Waals surface area contributed by atoms with Crippen LogP contribution in [0, 0.1) is 0 Å². The van der Waals surface area contributed by atoms with Crippen LogP contribution in [0.25, 0.3) is 0 Å². The molecule has 2 fully saturated rings. The molecule has 5 nitrogen and oxygen atoms in total. The lowest BCUT2D eigenvalue weighted by atomic mass is 10.1. The minimum absolute atomic E-state index is 0.0953. The van der Waals surface area contributed by atoms with E-state index in [9.17, 15) is 4.79 Å². The summed E-state index contributed by atoms with van der Waals surface area (Å²) in [6, 6.07) is 0. The third-order valence-electron chi connectivity index (χ3n) is 3.24. The smallest absolute Gasteiger partial charge is 0.248 e. The van der Waals surface area contributed by atoms with E-state index in [1.807, 2.05) is 4.90 Å². The Bertz CT molecular complexity index is 236. The number of nitrogens with one attached hydrogen (secondary N) is 1. The van der Waals surface area contributed by atoms with Crippen molar-refractivity contribution in [2.24, 2.45) is 0 Å². The predicted octanol–water partition coefficient (Wildman–Crippen LogP) is 0.00390. The molecule has 2 rings (SSSR count). The van der Waals surface area contributed by atoms with E-state index < -0.39 is 0 Å². The molecule has 1 N–H and O–H groups in total. The van der Waals surface area contributed by atoms with E-state index in [2.05, 4.69) is 5.32 Å². The highest BCUT2D eigenvalue weighted by molar-refractivity contribution is 5.77. The molecule has 2 saturated heterocycles. The molecule has 2 aliphatic rings. The molecule has 0 spiro atoms. The molecule has 0 bridgehead atoms. The Labute approximate surface area is 102 Å². The summed E-state index contributed by atoms with van der Waals surface area (Å²) >= 11 is 0. The summed E-state index contributed by atoms with van der Waals surface area (Å²) in [5.74, 6) is 0.119. The van der Waals surface area contributed by atoms with Crippen LogP contribution in [-0.2, 0) is 14.3 Å². The molecule has 0 saturated carbocycles. The quantitative estimate of drug-likeness (QED) is 0.754. The largest absolute Gasteiger partial charge is 0.373 e. The van der Waals surface area contributed by atoms with Crippen LogP contribution in [0.1, 0.15) is 19.3 Å². The van der Waals surface area contributed by atoms with Gasteiger partial charge in [0.25, 0.3) is 0 Å². The lowest BCUT2D eigenvalue weighted by Crippen LogP contribution is -2.42. The zero-order chi connectivity index (χ0) is 11.9. The predicted molar refractivity (Wildman–Crippen MR) is 63.9 cm³/mol. The average Bonchev–Trinajstić information content (AvgIpc) is 2.41. The van der Waals surface area contributed by atoms with Gasteiger partial charge in [-0.25, -0.2) is 0 Å². The van der Waals surface area contributed by atoms with Crippen molar-refractivity contribution in [2.45, 2.75) is 25.4 Å². The second kappa shape index (κ2) is 6.93. The molecule has 0 aromatic carbocycles. The van der Waals surface area contributed by atoms with Crippen molar-refractivity contribution >= 4 is 5.91 Å². The van der Waals surface area contributed by atoms with Gasteiger partial charge < -0.3 is 19.7 Å². The highest BCUT2D eigenvalue weighted by atomic mass is 16.5. The van der Waals surface area contributed by atoms with Gasteiger partial charge in [-0.2, -0.15) is 0 Å². The summed E-state index contributed by atoms with van der Waals surface area (Å²) < 4.78 is 10.9. The Morgan fingerprint density at radius 3 is 2.88 bits per heavy atom. The van der Waals surface area contributed by atoms with Crippen molar-refractivity contribution in [2.75, 3.05) is 46.0 Å². The van der Waals surface area contributed by atoms with Gasteiger partial charge in [-0.15, -0.1) is 0 Å². The Balaban J connectivity index is 1.58. The van der Waals surface area contributed by atoms with E-state index in [4.69, 9.17) is 9.47 Å². The molecular formula is C12H22N2O3. The van der Waals surface area contributed by atoms with Crippen molar-refractivity contribution < 1.29 is 14.3 Å². The second-order valence-electron chi connectivity index (χ2n) is 4.65. The lowest BCUT2D eigenvalue weighted by Gasteiger charge is -2.27. The van der Waals surface area contributed by atoms with Gasteiger partial charge in [0.2, 0.25) is 5.91 Å². The van der Waals surface area contributed by atoms with Gasteiger partial charge in [0.05, 0.1) is 19.3 Å². The Morgan fingerprint density at radius 1 is 1.35 bits per heavy atom. The number of carbonyl (C=O) groups excluding carboxylic acids is 1. The van der Waals surface area contributed by atoms with Gasteiger partial charge >= 0.3 is 0 Å². The Morgan fingerprint density at radius 2 is 2.18 bits per heavy atom. The highest BCUT2D eigenvalue weighted by Crippen LogP contribution is 2.08. The number of nitrogens with zero attached hydrogens (tertiary/aromatic N) is 1. The number of hydrogen-bond donors (Lipinski definition) is 1. The third kappa shape index (κ3) is 4.26. The van der Waals surface area contributed by atoms with Gasteiger partial charge in [-0.1, -0.05) is 0 Å². The summed E-state index contributed by atoms with van der Waals surface area (Å²) in [6.45, 7) is 4.94. The van der Waals surface area contributed by atoms with Crippen molar-refractivity contribution in [3.05, 3.63) is 0 Å². The maximum atomic E-state index is 11.8. The number of piperidine rings is 1. The standard InChI is InChI=1S/C12H22N2O3/c15-12(14-5-2-1-3-6-14)10-16-9-11-8-13-4-7-17-11/h11,13H,1-10H2. The van der Waals surface area contributed by atoms with Crippen molar-refractivity contribution in [1.82, 2.24) is 10.2 Å². The molecule has 0 aliphatic carbocycles. The van der Waals surface area contributed by atoms with Gasteiger partial charge in [-0.05, 0) is 19.3 Å². The Kier molecular flexibility index (Phi) is 5.22. The minimum atomic E-state index is 0.0953. The number of amides is 1. The number of ether oxygens (including phenoxy) is 2. The van der Waals surface area contributed by atoms with Crippen LogP contribution in [0.5, 0.6) is 0 Å². The number of morpholine rings is 1. The number of carbonyl (C=O) groups is 1. The number of likely N-dealkylation sites (tertiary alicyclic amines) is 1. The molecule has 5 heteroatoms. The maximum absolute atomic E-state index is 11.8. The molecule has 2 aliphatic heterocycles. The van der Waals surface area contributed by atoms with Crippen molar-refractivity contribution in [3.63, 3.8) is 0 Å². The van der Waals surface area contributed by atoms with E-state index in [-0.39, 0.29) is 18.6 Å². The summed E-state index contributed by atoms with van der Waals surface area (Å²) in [6.07, 6.45) is 3.59. The first-order valence-electron chi connectivity index (χ1n) is 6.54. The zero-order valence-corrected chi connectivity index (χ0v) is 10.3. The fourth-order valence-electron chi connectivity index (χ4n) is 2.24. The molecule has 0 radical (unpaired) electrons. The minimum Gasteiger partial charge on any atom is -0.373 e. The molecule has 0 aromatic rings. The van der Waals surface area contributed by atoms with Crippen LogP contribution in [-0.4, -0.2) is 62.9 Å². The molecule has 1 atom stereocenters. The SMILES string of the molecule is O=C(COCC1CNCCO1)N1CCCCC1. The zero-order valence-electron chi connectivity index (χ0n) is 10.3. The van der Waals surface area contributed by atoms with E-state index in [1.54, 1.807) is 0 Å². The second-order valence-corrected chi connectivity index (χ2v) is 4.65. The van der Waals surface area contributed by atoms with Crippen molar-refractivity contribution in [1.29, 1.82) is 0 Å². The van der Waals surface area contributed by atoms with Crippen LogP contribution in [0.3, 0.4) is 0 Å². The van der Waals surface area contributed by atoms with E-state index >= 15 is 0 Å². The molecule has 17 heavy (non-hydrogen) atoms. The third-order valence-corrected chi connectivity index (χ3v) is 3.24.